The van der Waals surface area contributed by atoms with Crippen LogP contribution >= 0.6 is 0 Å². The summed E-state index contributed by atoms with van der Waals surface area (Å²) in [5.41, 5.74) is 2.22. The van der Waals surface area contributed by atoms with Gasteiger partial charge in [0.15, 0.2) is 15.6 Å². The maximum atomic E-state index is 12.2. The molecule has 22 heavy (non-hydrogen) atoms. The summed E-state index contributed by atoms with van der Waals surface area (Å²) in [6, 6.07) is 3.67. The van der Waals surface area contributed by atoms with Gasteiger partial charge < -0.3 is 10.2 Å². The zero-order chi connectivity index (χ0) is 15.5. The molecule has 0 bridgehead atoms. The van der Waals surface area contributed by atoms with Gasteiger partial charge in [0, 0.05) is 17.0 Å². The first-order valence-electron chi connectivity index (χ1n) is 7.28. The topological polar surface area (TPSA) is 87.0 Å². The first kappa shape index (κ1) is 13.6. The molecule has 6 heteroatoms. The molecule has 1 aliphatic heterocycles. The van der Waals surface area contributed by atoms with E-state index in [0.29, 0.717) is 10.8 Å². The Balaban J connectivity index is 2.16. The van der Waals surface area contributed by atoms with Gasteiger partial charge in [0.1, 0.15) is 16.3 Å². The van der Waals surface area contributed by atoms with Crippen molar-refractivity contribution in [2.75, 3.05) is 5.75 Å². The highest BCUT2D eigenvalue weighted by Gasteiger charge is 2.31. The number of phenols is 2. The van der Waals surface area contributed by atoms with Crippen LogP contribution in [-0.4, -0.2) is 30.6 Å². The number of fused-ring (bicyclic) bond motifs is 3. The van der Waals surface area contributed by atoms with Gasteiger partial charge in [0.25, 0.3) is 0 Å². The SMILES string of the molecule is O=S1(=O)CC=Nc2c1c(O)c1cc3c(cc1c2O)CCCC3. The fraction of sp³-hybridized carbons (Fsp3) is 0.312. The standard InChI is InChI=1S/C16H15NO4S/c18-14-11-7-9-3-1-2-4-10(9)8-12(11)15(19)16-13(14)17-5-6-22(16,20)21/h5,7-8,18-19H,1-4,6H2. The summed E-state index contributed by atoms with van der Waals surface area (Å²) in [4.78, 5) is 3.74. The van der Waals surface area contributed by atoms with E-state index in [1.165, 1.54) is 6.21 Å². The fourth-order valence-electron chi connectivity index (χ4n) is 3.37. The number of phenolic OH excluding ortho intramolecular Hbond substituents is 2. The van der Waals surface area contributed by atoms with E-state index >= 15 is 0 Å². The molecule has 0 spiro atoms. The second-order valence-electron chi connectivity index (χ2n) is 5.84. The Hall–Kier alpha value is -2.08. The number of rotatable bonds is 0. The maximum Gasteiger partial charge on any atom is 0.189 e. The van der Waals surface area contributed by atoms with E-state index in [4.69, 9.17) is 0 Å². The lowest BCUT2D eigenvalue weighted by Gasteiger charge is -2.20. The van der Waals surface area contributed by atoms with Gasteiger partial charge >= 0.3 is 0 Å². The third-order valence-corrected chi connectivity index (χ3v) is 6.07. The van der Waals surface area contributed by atoms with Gasteiger partial charge in [-0.05, 0) is 48.9 Å². The van der Waals surface area contributed by atoms with Crippen molar-refractivity contribution >= 4 is 32.5 Å². The highest BCUT2D eigenvalue weighted by molar-refractivity contribution is 7.92. The van der Waals surface area contributed by atoms with Gasteiger partial charge in [-0.1, -0.05) is 0 Å². The summed E-state index contributed by atoms with van der Waals surface area (Å²) < 4.78 is 24.4. The van der Waals surface area contributed by atoms with E-state index in [1.54, 1.807) is 0 Å². The van der Waals surface area contributed by atoms with Gasteiger partial charge in [-0.3, -0.25) is 4.99 Å². The number of nitrogens with zero attached hydrogens (tertiary/aromatic N) is 1. The quantitative estimate of drug-likeness (QED) is 0.731. The van der Waals surface area contributed by atoms with E-state index in [2.05, 4.69) is 4.99 Å². The van der Waals surface area contributed by atoms with Gasteiger partial charge in [-0.15, -0.1) is 0 Å². The molecule has 0 unspecified atom stereocenters. The maximum absolute atomic E-state index is 12.2. The van der Waals surface area contributed by atoms with Crippen molar-refractivity contribution in [3.05, 3.63) is 23.3 Å². The fourth-order valence-corrected chi connectivity index (χ4v) is 4.66. The Morgan fingerprint density at radius 3 is 2.18 bits per heavy atom. The molecule has 0 saturated carbocycles. The first-order valence-corrected chi connectivity index (χ1v) is 8.93. The minimum atomic E-state index is -3.67. The number of sulfone groups is 1. The number of aliphatic imine (C=N–C) groups is 1. The van der Waals surface area contributed by atoms with Gasteiger partial charge in [-0.2, -0.15) is 0 Å². The second-order valence-corrected chi connectivity index (χ2v) is 7.81. The highest BCUT2D eigenvalue weighted by atomic mass is 32.2. The predicted molar refractivity (Wildman–Crippen MR) is 84.1 cm³/mol. The van der Waals surface area contributed by atoms with Crippen molar-refractivity contribution in [1.29, 1.82) is 0 Å². The van der Waals surface area contributed by atoms with Crippen molar-refractivity contribution in [2.24, 2.45) is 4.99 Å². The largest absolute Gasteiger partial charge is 0.506 e. The van der Waals surface area contributed by atoms with Crippen LogP contribution in [0.2, 0.25) is 0 Å². The molecule has 5 nitrogen and oxygen atoms in total. The molecule has 1 heterocycles. The first-order chi connectivity index (χ1) is 10.5. The number of hydrogen-bond acceptors (Lipinski definition) is 5. The summed E-state index contributed by atoms with van der Waals surface area (Å²) in [7, 11) is -3.67. The monoisotopic (exact) mass is 317 g/mol. The summed E-state index contributed by atoms with van der Waals surface area (Å²) in [6.45, 7) is 0. The third-order valence-electron chi connectivity index (χ3n) is 4.47. The molecule has 114 valence electrons. The molecule has 0 aromatic heterocycles. The number of aryl methyl sites for hydroxylation is 2. The molecule has 4 rings (SSSR count). The second kappa shape index (κ2) is 4.46. The lowest BCUT2D eigenvalue weighted by atomic mass is 9.89. The Morgan fingerprint density at radius 1 is 0.955 bits per heavy atom. The zero-order valence-electron chi connectivity index (χ0n) is 11.8. The van der Waals surface area contributed by atoms with Crippen LogP contribution in [0.15, 0.2) is 22.0 Å². The average Bonchev–Trinajstić information content (AvgIpc) is 2.50. The molecule has 2 N–H and O–H groups in total. The van der Waals surface area contributed by atoms with Crippen molar-refractivity contribution < 1.29 is 18.6 Å². The number of aromatic hydroxyl groups is 2. The van der Waals surface area contributed by atoms with E-state index in [1.807, 2.05) is 12.1 Å². The molecule has 2 aliphatic rings. The van der Waals surface area contributed by atoms with Crippen molar-refractivity contribution in [2.45, 2.75) is 30.6 Å². The van der Waals surface area contributed by atoms with Crippen LogP contribution in [0, 0.1) is 0 Å². The molecule has 0 saturated heterocycles. The Bertz CT molecular complexity index is 945. The molecule has 1 aliphatic carbocycles. The normalized spacial score (nSPS) is 18.9. The van der Waals surface area contributed by atoms with Crippen molar-refractivity contribution in [3.63, 3.8) is 0 Å². The molecule has 2 aromatic rings. The van der Waals surface area contributed by atoms with Crippen molar-refractivity contribution in [1.82, 2.24) is 0 Å². The third kappa shape index (κ3) is 1.76. The summed E-state index contributed by atoms with van der Waals surface area (Å²) in [5.74, 6) is -0.729. The molecule has 0 amide bonds. The van der Waals surface area contributed by atoms with E-state index in [0.717, 1.165) is 36.8 Å². The minimum absolute atomic E-state index is 0.0491. The molecular formula is C16H15NO4S. The number of hydrogen-bond donors (Lipinski definition) is 2. The average molecular weight is 317 g/mol. The van der Waals surface area contributed by atoms with Crippen molar-refractivity contribution in [3.8, 4) is 11.5 Å². The van der Waals surface area contributed by atoms with Crippen LogP contribution in [-0.2, 0) is 22.7 Å². The summed E-state index contributed by atoms with van der Waals surface area (Å²) >= 11 is 0. The van der Waals surface area contributed by atoms with Crippen LogP contribution in [0.4, 0.5) is 5.69 Å². The molecule has 0 fully saturated rings. The molecular weight excluding hydrogens is 302 g/mol. The molecule has 2 aromatic carbocycles. The minimum Gasteiger partial charge on any atom is -0.506 e. The van der Waals surface area contributed by atoms with Gasteiger partial charge in [-0.25, -0.2) is 8.42 Å². The van der Waals surface area contributed by atoms with Crippen LogP contribution in [0.25, 0.3) is 10.8 Å². The van der Waals surface area contributed by atoms with Crippen LogP contribution in [0.3, 0.4) is 0 Å². The Morgan fingerprint density at radius 2 is 1.55 bits per heavy atom. The van der Waals surface area contributed by atoms with E-state index in [9.17, 15) is 18.6 Å². The predicted octanol–water partition coefficient (Wildman–Crippen LogP) is 2.62. The lowest BCUT2D eigenvalue weighted by Crippen LogP contribution is -2.12. The highest BCUT2D eigenvalue weighted by Crippen LogP contribution is 2.49. The Kier molecular flexibility index (Phi) is 2.75. The van der Waals surface area contributed by atoms with Crippen LogP contribution in [0.1, 0.15) is 24.0 Å². The zero-order valence-corrected chi connectivity index (χ0v) is 12.7. The summed E-state index contributed by atoms with van der Waals surface area (Å²) in [6.07, 6.45) is 5.28. The molecule has 0 atom stereocenters. The summed E-state index contributed by atoms with van der Waals surface area (Å²) in [5, 5.41) is 21.8. The lowest BCUT2D eigenvalue weighted by molar-refractivity contribution is 0.456. The van der Waals surface area contributed by atoms with E-state index < -0.39 is 9.84 Å². The van der Waals surface area contributed by atoms with Gasteiger partial charge in [0.05, 0.1) is 5.75 Å². The smallest absolute Gasteiger partial charge is 0.189 e. The van der Waals surface area contributed by atoms with Crippen LogP contribution < -0.4 is 0 Å². The van der Waals surface area contributed by atoms with E-state index in [-0.39, 0.29) is 27.8 Å². The van der Waals surface area contributed by atoms with Gasteiger partial charge in [0.2, 0.25) is 0 Å². The number of benzene rings is 2. The molecule has 0 radical (unpaired) electrons. The Labute approximate surface area is 127 Å². The van der Waals surface area contributed by atoms with Crippen LogP contribution in [0.5, 0.6) is 11.5 Å².